The molecule has 0 spiro atoms. The van der Waals surface area contributed by atoms with Gasteiger partial charge in [0.1, 0.15) is 0 Å². The molecule has 0 saturated carbocycles. The second-order valence-corrected chi connectivity index (χ2v) is 3.54. The van der Waals surface area contributed by atoms with E-state index in [1.807, 2.05) is 6.08 Å². The van der Waals surface area contributed by atoms with Gasteiger partial charge in [0, 0.05) is 12.1 Å². The predicted molar refractivity (Wildman–Crippen MR) is 59.0 cm³/mol. The quantitative estimate of drug-likeness (QED) is 0.621. The molecule has 0 saturated heterocycles. The van der Waals surface area contributed by atoms with Crippen molar-refractivity contribution in [1.82, 2.24) is 0 Å². The molecule has 0 N–H and O–H groups in total. The summed E-state index contributed by atoms with van der Waals surface area (Å²) >= 11 is 0. The Morgan fingerprint density at radius 2 is 2.23 bits per heavy atom. The van der Waals surface area contributed by atoms with Gasteiger partial charge in [-0.1, -0.05) is 25.2 Å². The minimum Gasteiger partial charge on any atom is -0.257 e. The van der Waals surface area contributed by atoms with E-state index in [1.165, 1.54) is 16.9 Å². The molecule has 0 aromatic carbocycles. The third-order valence-corrected chi connectivity index (χ3v) is 2.08. The van der Waals surface area contributed by atoms with Crippen LogP contribution in [0.2, 0.25) is 0 Å². The molecule has 0 fully saturated rings. The van der Waals surface area contributed by atoms with E-state index in [0.29, 0.717) is 0 Å². The zero-order chi connectivity index (χ0) is 9.84. The summed E-state index contributed by atoms with van der Waals surface area (Å²) < 4.78 is 0. The SMILES string of the molecule is C=CC1=C(C=C(C)C)N=C(CC)C1. The van der Waals surface area contributed by atoms with Crippen molar-refractivity contribution in [2.75, 3.05) is 0 Å². The fourth-order valence-corrected chi connectivity index (χ4v) is 1.37. The lowest BCUT2D eigenvalue weighted by Crippen LogP contribution is -1.89. The molecule has 0 aliphatic carbocycles. The van der Waals surface area contributed by atoms with Crippen molar-refractivity contribution in [3.63, 3.8) is 0 Å². The van der Waals surface area contributed by atoms with Crippen molar-refractivity contribution in [3.05, 3.63) is 35.6 Å². The molecule has 1 rings (SSSR count). The summed E-state index contributed by atoms with van der Waals surface area (Å²) in [6.07, 6.45) is 6.07. The van der Waals surface area contributed by atoms with Gasteiger partial charge in [0.2, 0.25) is 0 Å². The molecule has 1 heteroatoms. The molecule has 0 radical (unpaired) electrons. The molecular formula is C12H17N. The van der Waals surface area contributed by atoms with Crippen LogP contribution >= 0.6 is 0 Å². The first kappa shape index (κ1) is 9.97. The second kappa shape index (κ2) is 4.22. The Morgan fingerprint density at radius 3 is 2.69 bits per heavy atom. The molecule has 0 unspecified atom stereocenters. The van der Waals surface area contributed by atoms with Crippen LogP contribution in [0.4, 0.5) is 0 Å². The molecule has 70 valence electrons. The van der Waals surface area contributed by atoms with Crippen molar-refractivity contribution in [3.8, 4) is 0 Å². The third kappa shape index (κ3) is 2.41. The molecule has 1 nitrogen and oxygen atoms in total. The number of hydrogen-bond donors (Lipinski definition) is 0. The summed E-state index contributed by atoms with van der Waals surface area (Å²) in [6, 6.07) is 0. The monoisotopic (exact) mass is 175 g/mol. The van der Waals surface area contributed by atoms with Gasteiger partial charge in [-0.3, -0.25) is 4.99 Å². The molecule has 1 aliphatic rings. The highest BCUT2D eigenvalue weighted by Gasteiger charge is 2.11. The maximum Gasteiger partial charge on any atom is 0.0664 e. The third-order valence-electron chi connectivity index (χ3n) is 2.08. The van der Waals surface area contributed by atoms with E-state index < -0.39 is 0 Å². The minimum absolute atomic E-state index is 0.985. The van der Waals surface area contributed by atoms with E-state index in [2.05, 4.69) is 38.4 Å². The van der Waals surface area contributed by atoms with E-state index in [-0.39, 0.29) is 0 Å². The average Bonchev–Trinajstić information content (AvgIpc) is 2.46. The van der Waals surface area contributed by atoms with E-state index in [1.54, 1.807) is 0 Å². The van der Waals surface area contributed by atoms with Crippen molar-refractivity contribution in [2.45, 2.75) is 33.6 Å². The van der Waals surface area contributed by atoms with Crippen molar-refractivity contribution < 1.29 is 0 Å². The minimum atomic E-state index is 0.985. The summed E-state index contributed by atoms with van der Waals surface area (Å²) in [4.78, 5) is 4.55. The van der Waals surface area contributed by atoms with Crippen molar-refractivity contribution in [2.24, 2.45) is 4.99 Å². The molecule has 0 bridgehead atoms. The lowest BCUT2D eigenvalue weighted by Gasteiger charge is -1.94. The zero-order valence-electron chi connectivity index (χ0n) is 8.72. The van der Waals surface area contributed by atoms with Gasteiger partial charge in [0.05, 0.1) is 5.70 Å². The fraction of sp³-hybridized carbons (Fsp3) is 0.417. The van der Waals surface area contributed by atoms with Crippen LogP contribution in [0.15, 0.2) is 40.6 Å². The molecule has 1 heterocycles. The second-order valence-electron chi connectivity index (χ2n) is 3.54. The number of aliphatic imine (C=N–C) groups is 1. The Labute approximate surface area is 80.6 Å². The first-order valence-corrected chi connectivity index (χ1v) is 4.74. The van der Waals surface area contributed by atoms with Crippen LogP contribution in [-0.4, -0.2) is 5.71 Å². The molecule has 1 aliphatic heterocycles. The standard InChI is InChI=1S/C12H17N/c1-5-10-8-11(6-2)13-12(10)7-9(3)4/h5,7H,1,6,8H2,2-4H3. The van der Waals surface area contributed by atoms with Crippen LogP contribution in [0.3, 0.4) is 0 Å². The number of allylic oxidation sites excluding steroid dienone is 4. The van der Waals surface area contributed by atoms with Crippen LogP contribution in [0.25, 0.3) is 0 Å². The Kier molecular flexibility index (Phi) is 3.24. The maximum absolute atomic E-state index is 4.55. The Balaban J connectivity index is 2.93. The van der Waals surface area contributed by atoms with Gasteiger partial charge in [0.15, 0.2) is 0 Å². The fourth-order valence-electron chi connectivity index (χ4n) is 1.37. The first-order chi connectivity index (χ1) is 6.17. The van der Waals surface area contributed by atoms with E-state index >= 15 is 0 Å². The van der Waals surface area contributed by atoms with Crippen LogP contribution in [-0.2, 0) is 0 Å². The van der Waals surface area contributed by atoms with Crippen LogP contribution in [0.1, 0.15) is 33.6 Å². The Bertz CT molecular complexity index is 299. The van der Waals surface area contributed by atoms with Gasteiger partial charge in [-0.2, -0.15) is 0 Å². The number of nitrogens with zero attached hydrogens (tertiary/aromatic N) is 1. The molecule has 0 amide bonds. The zero-order valence-corrected chi connectivity index (χ0v) is 8.72. The Hall–Kier alpha value is -1.11. The number of hydrogen-bond acceptors (Lipinski definition) is 1. The molecule has 13 heavy (non-hydrogen) atoms. The van der Waals surface area contributed by atoms with Gasteiger partial charge >= 0.3 is 0 Å². The van der Waals surface area contributed by atoms with E-state index in [4.69, 9.17) is 0 Å². The van der Waals surface area contributed by atoms with Crippen LogP contribution < -0.4 is 0 Å². The summed E-state index contributed by atoms with van der Waals surface area (Å²) in [5.74, 6) is 0. The topological polar surface area (TPSA) is 12.4 Å². The van der Waals surface area contributed by atoms with Crippen LogP contribution in [0.5, 0.6) is 0 Å². The summed E-state index contributed by atoms with van der Waals surface area (Å²) in [5, 5.41) is 0. The highest BCUT2D eigenvalue weighted by Crippen LogP contribution is 2.23. The summed E-state index contributed by atoms with van der Waals surface area (Å²) in [6.45, 7) is 10.1. The summed E-state index contributed by atoms with van der Waals surface area (Å²) in [7, 11) is 0. The summed E-state index contributed by atoms with van der Waals surface area (Å²) in [5.41, 5.74) is 4.92. The van der Waals surface area contributed by atoms with Gasteiger partial charge in [-0.25, -0.2) is 0 Å². The lowest BCUT2D eigenvalue weighted by atomic mass is 10.1. The molecule has 0 atom stereocenters. The van der Waals surface area contributed by atoms with Gasteiger partial charge in [-0.05, 0) is 31.9 Å². The van der Waals surface area contributed by atoms with E-state index in [9.17, 15) is 0 Å². The highest BCUT2D eigenvalue weighted by atomic mass is 14.8. The molecule has 0 aromatic heterocycles. The van der Waals surface area contributed by atoms with Gasteiger partial charge < -0.3 is 0 Å². The molecule has 0 aromatic rings. The lowest BCUT2D eigenvalue weighted by molar-refractivity contribution is 1.22. The highest BCUT2D eigenvalue weighted by molar-refractivity contribution is 5.91. The normalized spacial score (nSPS) is 15.8. The number of rotatable bonds is 3. The van der Waals surface area contributed by atoms with E-state index in [0.717, 1.165) is 18.5 Å². The molecular weight excluding hydrogens is 158 g/mol. The largest absolute Gasteiger partial charge is 0.257 e. The maximum atomic E-state index is 4.55. The van der Waals surface area contributed by atoms with Crippen molar-refractivity contribution in [1.29, 1.82) is 0 Å². The van der Waals surface area contributed by atoms with Crippen molar-refractivity contribution >= 4 is 5.71 Å². The van der Waals surface area contributed by atoms with Crippen LogP contribution in [0, 0.1) is 0 Å². The predicted octanol–water partition coefficient (Wildman–Crippen LogP) is 3.65. The first-order valence-electron chi connectivity index (χ1n) is 4.74. The smallest absolute Gasteiger partial charge is 0.0664 e. The average molecular weight is 175 g/mol. The van der Waals surface area contributed by atoms with Gasteiger partial charge in [-0.15, -0.1) is 0 Å². The Morgan fingerprint density at radius 1 is 1.54 bits per heavy atom. The van der Waals surface area contributed by atoms with Gasteiger partial charge in [0.25, 0.3) is 0 Å².